The molecule has 0 saturated carbocycles. The van der Waals surface area contributed by atoms with Crippen molar-refractivity contribution >= 4 is 17.7 Å². The molecule has 9 heteroatoms. The van der Waals surface area contributed by atoms with E-state index >= 15 is 0 Å². The highest BCUT2D eigenvalue weighted by molar-refractivity contribution is 8.00. The van der Waals surface area contributed by atoms with E-state index in [9.17, 15) is 4.79 Å². The molecule has 2 aromatic rings. The molecule has 0 aromatic carbocycles. The SMILES string of the molecule is C[C@H](Sc1nnc(-c2cccnc2)n1N)C(=O)N1CCOCC1. The predicted molar refractivity (Wildman–Crippen MR) is 86.1 cm³/mol. The number of carbonyl (C=O) groups is 1. The van der Waals surface area contributed by atoms with E-state index in [1.165, 1.54) is 16.4 Å². The van der Waals surface area contributed by atoms with Gasteiger partial charge in [0.25, 0.3) is 0 Å². The van der Waals surface area contributed by atoms with Crippen LogP contribution in [0.2, 0.25) is 0 Å². The third kappa shape index (κ3) is 3.45. The Morgan fingerprint density at radius 2 is 2.17 bits per heavy atom. The highest BCUT2D eigenvalue weighted by Gasteiger charge is 2.25. The molecule has 1 aliphatic rings. The van der Waals surface area contributed by atoms with Crippen LogP contribution in [-0.2, 0) is 9.53 Å². The molecule has 0 unspecified atom stereocenters. The Hall–Kier alpha value is -2.13. The van der Waals surface area contributed by atoms with Gasteiger partial charge in [0.05, 0.1) is 18.5 Å². The molecular formula is C14H18N6O2S. The Morgan fingerprint density at radius 3 is 2.87 bits per heavy atom. The number of carbonyl (C=O) groups excluding carboxylic acids is 1. The average Bonchev–Trinajstić information content (AvgIpc) is 2.96. The van der Waals surface area contributed by atoms with Gasteiger partial charge in [-0.05, 0) is 19.1 Å². The molecule has 2 N–H and O–H groups in total. The fourth-order valence-corrected chi connectivity index (χ4v) is 3.15. The van der Waals surface area contributed by atoms with Gasteiger partial charge in [0.2, 0.25) is 11.1 Å². The predicted octanol–water partition coefficient (Wildman–Crippen LogP) is 0.393. The van der Waals surface area contributed by atoms with Gasteiger partial charge in [-0.1, -0.05) is 11.8 Å². The number of nitrogens with zero attached hydrogens (tertiary/aromatic N) is 5. The van der Waals surface area contributed by atoms with E-state index in [-0.39, 0.29) is 11.2 Å². The molecule has 1 fully saturated rings. The summed E-state index contributed by atoms with van der Waals surface area (Å²) in [6.07, 6.45) is 3.35. The molecule has 0 spiro atoms. The highest BCUT2D eigenvalue weighted by Crippen LogP contribution is 2.25. The number of thioether (sulfide) groups is 1. The third-order valence-corrected chi connectivity index (χ3v) is 4.58. The van der Waals surface area contributed by atoms with E-state index in [0.29, 0.717) is 37.3 Å². The van der Waals surface area contributed by atoms with Crippen molar-refractivity contribution < 1.29 is 9.53 Å². The van der Waals surface area contributed by atoms with Crippen LogP contribution in [0.15, 0.2) is 29.7 Å². The maximum absolute atomic E-state index is 12.4. The van der Waals surface area contributed by atoms with Crippen molar-refractivity contribution in [1.82, 2.24) is 24.8 Å². The van der Waals surface area contributed by atoms with Crippen LogP contribution in [0.25, 0.3) is 11.4 Å². The number of hydrogen-bond donors (Lipinski definition) is 1. The zero-order chi connectivity index (χ0) is 16.2. The van der Waals surface area contributed by atoms with Crippen molar-refractivity contribution in [3.8, 4) is 11.4 Å². The first-order valence-electron chi connectivity index (χ1n) is 7.31. The largest absolute Gasteiger partial charge is 0.378 e. The molecule has 1 saturated heterocycles. The van der Waals surface area contributed by atoms with Gasteiger partial charge in [0.1, 0.15) is 0 Å². The van der Waals surface area contributed by atoms with Crippen molar-refractivity contribution in [2.24, 2.45) is 0 Å². The topological polar surface area (TPSA) is 99.2 Å². The lowest BCUT2D eigenvalue weighted by molar-refractivity contribution is -0.134. The molecule has 0 aliphatic carbocycles. The summed E-state index contributed by atoms with van der Waals surface area (Å²) in [5, 5.41) is 8.39. The van der Waals surface area contributed by atoms with Gasteiger partial charge in [-0.3, -0.25) is 9.78 Å². The molecule has 23 heavy (non-hydrogen) atoms. The summed E-state index contributed by atoms with van der Waals surface area (Å²) in [6.45, 7) is 4.27. The smallest absolute Gasteiger partial charge is 0.236 e. The van der Waals surface area contributed by atoms with Crippen LogP contribution in [0.1, 0.15) is 6.92 Å². The second-order valence-corrected chi connectivity index (χ2v) is 6.42. The minimum absolute atomic E-state index is 0.0595. The van der Waals surface area contributed by atoms with E-state index < -0.39 is 0 Å². The first-order valence-corrected chi connectivity index (χ1v) is 8.19. The van der Waals surface area contributed by atoms with Gasteiger partial charge in [-0.25, -0.2) is 4.68 Å². The Bertz CT molecular complexity index is 671. The van der Waals surface area contributed by atoms with Crippen molar-refractivity contribution in [2.75, 3.05) is 32.1 Å². The second kappa shape index (κ2) is 6.97. The summed E-state index contributed by atoms with van der Waals surface area (Å²) in [5.74, 6) is 6.64. The summed E-state index contributed by atoms with van der Waals surface area (Å²) < 4.78 is 6.66. The fraction of sp³-hybridized carbons (Fsp3) is 0.429. The molecule has 3 heterocycles. The summed E-state index contributed by atoms with van der Waals surface area (Å²) in [6, 6.07) is 3.67. The lowest BCUT2D eigenvalue weighted by Gasteiger charge is -2.28. The van der Waals surface area contributed by atoms with Crippen LogP contribution in [0, 0.1) is 0 Å². The van der Waals surface area contributed by atoms with E-state index in [4.69, 9.17) is 10.6 Å². The average molecular weight is 334 g/mol. The van der Waals surface area contributed by atoms with Crippen LogP contribution in [0.4, 0.5) is 0 Å². The van der Waals surface area contributed by atoms with Crippen LogP contribution in [-0.4, -0.2) is 62.2 Å². The van der Waals surface area contributed by atoms with Gasteiger partial charge in [-0.15, -0.1) is 10.2 Å². The fourth-order valence-electron chi connectivity index (χ4n) is 2.30. The minimum Gasteiger partial charge on any atom is -0.378 e. The van der Waals surface area contributed by atoms with Crippen molar-refractivity contribution in [1.29, 1.82) is 0 Å². The van der Waals surface area contributed by atoms with Crippen LogP contribution >= 0.6 is 11.8 Å². The number of morpholine rings is 1. The maximum atomic E-state index is 12.4. The Kier molecular flexibility index (Phi) is 4.77. The molecule has 0 radical (unpaired) electrons. The van der Waals surface area contributed by atoms with Gasteiger partial charge in [0.15, 0.2) is 5.82 Å². The highest BCUT2D eigenvalue weighted by atomic mass is 32.2. The summed E-state index contributed by atoms with van der Waals surface area (Å²) >= 11 is 1.30. The zero-order valence-corrected chi connectivity index (χ0v) is 13.6. The molecule has 1 amide bonds. The van der Waals surface area contributed by atoms with Crippen LogP contribution < -0.4 is 5.84 Å². The maximum Gasteiger partial charge on any atom is 0.236 e. The van der Waals surface area contributed by atoms with Crippen molar-refractivity contribution in [3.05, 3.63) is 24.5 Å². The number of ether oxygens (including phenoxy) is 1. The van der Waals surface area contributed by atoms with E-state index in [1.54, 1.807) is 23.4 Å². The van der Waals surface area contributed by atoms with Crippen molar-refractivity contribution in [3.63, 3.8) is 0 Å². The monoisotopic (exact) mass is 334 g/mol. The number of aromatic nitrogens is 4. The first kappa shape index (κ1) is 15.8. The van der Waals surface area contributed by atoms with Crippen LogP contribution in [0.5, 0.6) is 0 Å². The number of hydrogen-bond acceptors (Lipinski definition) is 7. The van der Waals surface area contributed by atoms with E-state index in [1.807, 2.05) is 13.0 Å². The first-order chi connectivity index (χ1) is 11.2. The van der Waals surface area contributed by atoms with Gasteiger partial charge >= 0.3 is 0 Å². The van der Waals surface area contributed by atoms with Crippen LogP contribution in [0.3, 0.4) is 0 Å². The van der Waals surface area contributed by atoms with Gasteiger partial charge < -0.3 is 15.5 Å². The molecule has 122 valence electrons. The number of amides is 1. The molecule has 2 aromatic heterocycles. The minimum atomic E-state index is -0.290. The number of nitrogens with two attached hydrogens (primary N) is 1. The summed E-state index contributed by atoms with van der Waals surface area (Å²) in [4.78, 5) is 18.3. The standard InChI is InChI=1S/C14H18N6O2S/c1-10(13(21)19-5-7-22-8-6-19)23-14-18-17-12(20(14)15)11-3-2-4-16-9-11/h2-4,9-10H,5-8,15H2,1H3/t10-/m0/s1. The van der Waals surface area contributed by atoms with Crippen molar-refractivity contribution in [2.45, 2.75) is 17.3 Å². The molecule has 3 rings (SSSR count). The van der Waals surface area contributed by atoms with Gasteiger partial charge in [-0.2, -0.15) is 0 Å². The molecular weight excluding hydrogens is 316 g/mol. The molecule has 8 nitrogen and oxygen atoms in total. The molecule has 1 aliphatic heterocycles. The summed E-state index contributed by atoms with van der Waals surface area (Å²) in [5.41, 5.74) is 0.779. The number of pyridine rings is 1. The Balaban J connectivity index is 1.70. The van der Waals surface area contributed by atoms with E-state index in [2.05, 4.69) is 15.2 Å². The summed E-state index contributed by atoms with van der Waals surface area (Å²) in [7, 11) is 0. The van der Waals surface area contributed by atoms with E-state index in [0.717, 1.165) is 5.56 Å². The van der Waals surface area contributed by atoms with Gasteiger partial charge in [0, 0.05) is 31.0 Å². The lowest BCUT2D eigenvalue weighted by atomic mass is 10.3. The number of nitrogen functional groups attached to an aromatic ring is 1. The quantitative estimate of drug-likeness (QED) is 0.638. The third-order valence-electron chi connectivity index (χ3n) is 3.54. The molecule has 1 atom stereocenters. The number of rotatable bonds is 4. The molecule has 0 bridgehead atoms. The Labute approximate surface area is 138 Å². The zero-order valence-electron chi connectivity index (χ0n) is 12.8. The second-order valence-electron chi connectivity index (χ2n) is 5.12. The normalized spacial score (nSPS) is 16.3. The Morgan fingerprint density at radius 1 is 1.39 bits per heavy atom. The lowest BCUT2D eigenvalue weighted by Crippen LogP contribution is -2.44.